The highest BCUT2D eigenvalue weighted by Gasteiger charge is 2.08. The van der Waals surface area contributed by atoms with Gasteiger partial charge in [-0.25, -0.2) is 0 Å². The first-order valence-corrected chi connectivity index (χ1v) is 7.61. The lowest BCUT2D eigenvalue weighted by molar-refractivity contribution is 0.414. The van der Waals surface area contributed by atoms with E-state index >= 15 is 0 Å². The van der Waals surface area contributed by atoms with E-state index in [4.69, 9.17) is 4.74 Å². The second kappa shape index (κ2) is 6.25. The van der Waals surface area contributed by atoms with Crippen molar-refractivity contribution in [3.63, 3.8) is 0 Å². The summed E-state index contributed by atoms with van der Waals surface area (Å²) < 4.78 is 5.52. The zero-order chi connectivity index (χ0) is 13.8. The molecular formula is C17H19BrO. The van der Waals surface area contributed by atoms with Crippen molar-refractivity contribution in [1.29, 1.82) is 0 Å². The van der Waals surface area contributed by atoms with Crippen molar-refractivity contribution in [1.82, 2.24) is 0 Å². The van der Waals surface area contributed by atoms with E-state index in [-0.39, 0.29) is 0 Å². The predicted molar refractivity (Wildman–Crippen MR) is 87.1 cm³/mol. The van der Waals surface area contributed by atoms with Gasteiger partial charge in [-0.3, -0.25) is 0 Å². The van der Waals surface area contributed by atoms with Gasteiger partial charge in [-0.05, 0) is 22.8 Å². The Balaban J connectivity index is 2.68. The average molecular weight is 319 g/mol. The lowest BCUT2D eigenvalue weighted by Gasteiger charge is -2.13. The molecule has 2 aromatic carbocycles. The molecule has 0 atom stereocenters. The van der Waals surface area contributed by atoms with E-state index in [1.165, 1.54) is 21.9 Å². The Morgan fingerprint density at radius 3 is 2.58 bits per heavy atom. The Kier molecular flexibility index (Phi) is 4.65. The molecule has 0 amide bonds. The monoisotopic (exact) mass is 318 g/mol. The highest BCUT2D eigenvalue weighted by atomic mass is 79.9. The molecule has 1 nitrogen and oxygen atoms in total. The molecule has 0 radical (unpaired) electrons. The maximum Gasteiger partial charge on any atom is 0.126 e. The van der Waals surface area contributed by atoms with Gasteiger partial charge in [-0.1, -0.05) is 71.8 Å². The van der Waals surface area contributed by atoms with Crippen molar-refractivity contribution in [2.24, 2.45) is 5.92 Å². The van der Waals surface area contributed by atoms with E-state index < -0.39 is 0 Å². The first-order valence-electron chi connectivity index (χ1n) is 6.49. The molecule has 0 bridgehead atoms. The summed E-state index contributed by atoms with van der Waals surface area (Å²) in [4.78, 5) is 0. The van der Waals surface area contributed by atoms with E-state index in [9.17, 15) is 0 Å². The molecule has 0 aromatic heterocycles. The molecule has 0 saturated heterocycles. The maximum absolute atomic E-state index is 5.52. The standard InChI is InChI=1S/C17H19BrO/c1-12(2)14(11-18)10-16-15-7-5-4-6-13(15)8-9-17(16)19-3/h4-10,12H,11H2,1-3H3. The van der Waals surface area contributed by atoms with E-state index in [0.29, 0.717) is 5.92 Å². The van der Waals surface area contributed by atoms with Crippen LogP contribution in [-0.2, 0) is 0 Å². The van der Waals surface area contributed by atoms with E-state index in [0.717, 1.165) is 11.1 Å². The van der Waals surface area contributed by atoms with Crippen LogP contribution < -0.4 is 4.74 Å². The number of ether oxygens (including phenoxy) is 1. The van der Waals surface area contributed by atoms with Crippen molar-refractivity contribution in [3.05, 3.63) is 47.5 Å². The topological polar surface area (TPSA) is 9.23 Å². The fraction of sp³-hybridized carbons (Fsp3) is 0.294. The zero-order valence-corrected chi connectivity index (χ0v) is 13.2. The first-order chi connectivity index (χ1) is 9.17. The number of hydrogen-bond acceptors (Lipinski definition) is 1. The van der Waals surface area contributed by atoms with Crippen LogP contribution in [0.15, 0.2) is 42.0 Å². The molecule has 2 rings (SSSR count). The number of halogens is 1. The third kappa shape index (κ3) is 3.01. The third-order valence-electron chi connectivity index (χ3n) is 3.38. The van der Waals surface area contributed by atoms with Crippen molar-refractivity contribution in [3.8, 4) is 5.75 Å². The molecule has 100 valence electrons. The maximum atomic E-state index is 5.52. The minimum absolute atomic E-state index is 0.517. The molecule has 0 aliphatic carbocycles. The Labute approximate surface area is 123 Å². The van der Waals surface area contributed by atoms with Crippen molar-refractivity contribution >= 4 is 32.8 Å². The minimum Gasteiger partial charge on any atom is -0.496 e. The molecule has 0 fully saturated rings. The van der Waals surface area contributed by atoms with Gasteiger partial charge in [0.1, 0.15) is 5.75 Å². The molecule has 19 heavy (non-hydrogen) atoms. The van der Waals surface area contributed by atoms with Gasteiger partial charge in [0.25, 0.3) is 0 Å². The largest absolute Gasteiger partial charge is 0.496 e. The summed E-state index contributed by atoms with van der Waals surface area (Å²) in [5, 5.41) is 3.37. The minimum atomic E-state index is 0.517. The fourth-order valence-electron chi connectivity index (χ4n) is 2.15. The van der Waals surface area contributed by atoms with Crippen LogP contribution in [0.5, 0.6) is 5.75 Å². The van der Waals surface area contributed by atoms with Gasteiger partial charge in [0.2, 0.25) is 0 Å². The van der Waals surface area contributed by atoms with Crippen LogP contribution in [0, 0.1) is 5.92 Å². The average Bonchev–Trinajstić information content (AvgIpc) is 2.44. The Bertz CT molecular complexity index is 599. The summed E-state index contributed by atoms with van der Waals surface area (Å²) in [6, 6.07) is 12.6. The van der Waals surface area contributed by atoms with Gasteiger partial charge in [0.15, 0.2) is 0 Å². The number of rotatable bonds is 4. The SMILES string of the molecule is COc1ccc2ccccc2c1C=C(CBr)C(C)C. The number of methoxy groups -OCH3 is 1. The van der Waals surface area contributed by atoms with Crippen LogP contribution in [0.4, 0.5) is 0 Å². The molecule has 0 unspecified atom stereocenters. The van der Waals surface area contributed by atoms with Crippen LogP contribution in [0.3, 0.4) is 0 Å². The smallest absolute Gasteiger partial charge is 0.126 e. The molecule has 2 aromatic rings. The van der Waals surface area contributed by atoms with E-state index in [1.54, 1.807) is 7.11 Å². The highest BCUT2D eigenvalue weighted by molar-refractivity contribution is 9.09. The summed E-state index contributed by atoms with van der Waals surface area (Å²) in [7, 11) is 1.73. The number of fused-ring (bicyclic) bond motifs is 1. The highest BCUT2D eigenvalue weighted by Crippen LogP contribution is 2.31. The van der Waals surface area contributed by atoms with Gasteiger partial charge in [0, 0.05) is 10.9 Å². The quantitative estimate of drug-likeness (QED) is 0.696. The molecule has 0 spiro atoms. The second-order valence-corrected chi connectivity index (χ2v) is 5.47. The molecule has 0 heterocycles. The Hall–Kier alpha value is -1.28. The van der Waals surface area contributed by atoms with Gasteiger partial charge in [0.05, 0.1) is 7.11 Å². The van der Waals surface area contributed by atoms with Crippen LogP contribution in [0.25, 0.3) is 16.8 Å². The lowest BCUT2D eigenvalue weighted by atomic mass is 9.97. The molecular weight excluding hydrogens is 300 g/mol. The molecule has 0 aliphatic rings. The Morgan fingerprint density at radius 1 is 1.21 bits per heavy atom. The Morgan fingerprint density at radius 2 is 1.95 bits per heavy atom. The summed E-state index contributed by atoms with van der Waals surface area (Å²) >= 11 is 3.58. The molecule has 0 aliphatic heterocycles. The van der Waals surface area contributed by atoms with Crippen molar-refractivity contribution in [2.75, 3.05) is 12.4 Å². The van der Waals surface area contributed by atoms with Crippen LogP contribution in [-0.4, -0.2) is 12.4 Å². The van der Waals surface area contributed by atoms with Gasteiger partial charge in [-0.2, -0.15) is 0 Å². The molecule has 0 saturated carbocycles. The number of alkyl halides is 1. The van der Waals surface area contributed by atoms with Gasteiger partial charge < -0.3 is 4.74 Å². The zero-order valence-electron chi connectivity index (χ0n) is 11.6. The summed E-state index contributed by atoms with van der Waals surface area (Å²) in [6.07, 6.45) is 2.25. The second-order valence-electron chi connectivity index (χ2n) is 4.91. The van der Waals surface area contributed by atoms with Gasteiger partial charge >= 0.3 is 0 Å². The van der Waals surface area contributed by atoms with Crippen LogP contribution in [0.1, 0.15) is 19.4 Å². The van der Waals surface area contributed by atoms with Crippen molar-refractivity contribution in [2.45, 2.75) is 13.8 Å². The summed E-state index contributed by atoms with van der Waals surface area (Å²) in [5.74, 6) is 1.45. The normalized spacial score (nSPS) is 12.2. The predicted octanol–water partition coefficient (Wildman–Crippen LogP) is 5.28. The third-order valence-corrected chi connectivity index (χ3v) is 4.02. The van der Waals surface area contributed by atoms with E-state index in [2.05, 4.69) is 66.2 Å². The first kappa shape index (κ1) is 14.1. The van der Waals surface area contributed by atoms with Crippen LogP contribution in [0.2, 0.25) is 0 Å². The summed E-state index contributed by atoms with van der Waals surface area (Å²) in [6.45, 7) is 4.43. The summed E-state index contributed by atoms with van der Waals surface area (Å²) in [5.41, 5.74) is 2.54. The number of benzene rings is 2. The number of allylic oxidation sites excluding steroid dienone is 1. The van der Waals surface area contributed by atoms with Gasteiger partial charge in [-0.15, -0.1) is 0 Å². The van der Waals surface area contributed by atoms with Crippen molar-refractivity contribution < 1.29 is 4.74 Å². The fourth-order valence-corrected chi connectivity index (χ4v) is 2.96. The lowest BCUT2D eigenvalue weighted by Crippen LogP contribution is -1.96. The van der Waals surface area contributed by atoms with Crippen LogP contribution >= 0.6 is 15.9 Å². The molecule has 2 heteroatoms. The number of hydrogen-bond donors (Lipinski definition) is 0. The van der Waals surface area contributed by atoms with E-state index in [1.807, 2.05) is 6.07 Å². The molecule has 0 N–H and O–H groups in total.